The lowest BCUT2D eigenvalue weighted by atomic mass is 9.88. The van der Waals surface area contributed by atoms with Crippen molar-refractivity contribution in [2.24, 2.45) is 17.4 Å². The molecule has 1 aliphatic heterocycles. The second-order valence-corrected chi connectivity index (χ2v) is 13.1. The Balaban J connectivity index is 2.02. The summed E-state index contributed by atoms with van der Waals surface area (Å²) in [4.78, 5) is 4.99. The van der Waals surface area contributed by atoms with E-state index in [1.807, 2.05) is 0 Å². The summed E-state index contributed by atoms with van der Waals surface area (Å²) in [6, 6.07) is 10.8. The van der Waals surface area contributed by atoms with Crippen molar-refractivity contribution in [3.63, 3.8) is 0 Å². The van der Waals surface area contributed by atoms with E-state index in [0.29, 0.717) is 25.6 Å². The fourth-order valence-electron chi connectivity index (χ4n) is 6.13. The highest BCUT2D eigenvalue weighted by Gasteiger charge is 2.30. The minimum atomic E-state index is -0.252. The van der Waals surface area contributed by atoms with Crippen LogP contribution in [0.25, 0.3) is 0 Å². The molecule has 0 amide bonds. The zero-order valence-electron chi connectivity index (χ0n) is 28.6. The average Bonchev–Trinajstić information content (AvgIpc) is 3.02. The number of nitrogens with one attached hydrogen (secondary N) is 3. The second kappa shape index (κ2) is 19.6. The Morgan fingerprint density at radius 3 is 2.16 bits per heavy atom. The van der Waals surface area contributed by atoms with Crippen LogP contribution in [-0.4, -0.2) is 73.2 Å². The molecule has 7 N–H and O–H groups in total. The lowest BCUT2D eigenvalue weighted by molar-refractivity contribution is 0.197. The average molecular weight is 608 g/mol. The van der Waals surface area contributed by atoms with Crippen LogP contribution in [0.4, 0.5) is 0 Å². The van der Waals surface area contributed by atoms with Crippen molar-refractivity contribution in [1.29, 1.82) is 0 Å². The molecule has 0 saturated carbocycles. The quantitative estimate of drug-likeness (QED) is 0.105. The van der Waals surface area contributed by atoms with Gasteiger partial charge in [0.1, 0.15) is 0 Å². The van der Waals surface area contributed by atoms with Crippen LogP contribution in [0.5, 0.6) is 0 Å². The van der Waals surface area contributed by atoms with Crippen LogP contribution in [0.3, 0.4) is 0 Å². The molecule has 2 unspecified atom stereocenters. The van der Waals surface area contributed by atoms with E-state index in [4.69, 9.17) is 11.5 Å². The van der Waals surface area contributed by atoms with E-state index in [9.17, 15) is 0 Å². The second-order valence-electron chi connectivity index (χ2n) is 13.1. The van der Waals surface area contributed by atoms with Crippen LogP contribution in [0.2, 0.25) is 0 Å². The Kier molecular flexibility index (Phi) is 16.7. The highest BCUT2D eigenvalue weighted by atomic mass is 15.2. The number of hydrogen-bond acceptors (Lipinski definition) is 7. The van der Waals surface area contributed by atoms with Crippen molar-refractivity contribution < 1.29 is 0 Å². The number of hydrogen-bond donors (Lipinski definition) is 5. The Bertz CT molecular complexity index is 1000. The normalized spacial score (nSPS) is 15.4. The smallest absolute Gasteiger partial charge is 0.0653 e. The first kappa shape index (κ1) is 37.4. The fraction of sp³-hybridized carbons (Fsp3) is 0.622. The summed E-state index contributed by atoms with van der Waals surface area (Å²) in [5.74, 6) is 0.551. The van der Waals surface area contributed by atoms with Crippen molar-refractivity contribution in [2.75, 3.05) is 45.8 Å². The minimum absolute atomic E-state index is 0.102. The fourth-order valence-corrected chi connectivity index (χ4v) is 6.13. The summed E-state index contributed by atoms with van der Waals surface area (Å²) in [7, 11) is 0. The van der Waals surface area contributed by atoms with Crippen molar-refractivity contribution >= 4 is 0 Å². The molecule has 248 valence electrons. The Morgan fingerprint density at radius 1 is 0.955 bits per heavy atom. The molecule has 0 radical (unpaired) electrons. The zero-order chi connectivity index (χ0) is 32.5. The molecule has 44 heavy (non-hydrogen) atoms. The largest absolute Gasteiger partial charge is 0.383 e. The number of nitrogens with two attached hydrogens (primary N) is 2. The third kappa shape index (κ3) is 12.3. The summed E-state index contributed by atoms with van der Waals surface area (Å²) < 4.78 is 0. The molecule has 1 aromatic rings. The van der Waals surface area contributed by atoms with Crippen LogP contribution in [0.1, 0.15) is 78.2 Å². The van der Waals surface area contributed by atoms with Crippen molar-refractivity contribution in [3.05, 3.63) is 85.0 Å². The van der Waals surface area contributed by atoms with Crippen LogP contribution in [0, 0.1) is 5.92 Å². The molecule has 2 atom stereocenters. The number of rotatable bonds is 23. The highest BCUT2D eigenvalue weighted by molar-refractivity contribution is 5.19. The first-order valence-corrected chi connectivity index (χ1v) is 17.0. The maximum Gasteiger partial charge on any atom is 0.0653 e. The Labute approximate surface area is 270 Å². The molecule has 0 spiro atoms. The lowest BCUT2D eigenvalue weighted by Gasteiger charge is -2.41. The molecule has 1 aromatic carbocycles. The van der Waals surface area contributed by atoms with Gasteiger partial charge < -0.3 is 37.2 Å². The van der Waals surface area contributed by atoms with Gasteiger partial charge in [0, 0.05) is 79.6 Å². The Morgan fingerprint density at radius 2 is 1.59 bits per heavy atom. The van der Waals surface area contributed by atoms with Crippen molar-refractivity contribution in [2.45, 2.75) is 96.7 Å². The van der Waals surface area contributed by atoms with Gasteiger partial charge in [0.2, 0.25) is 0 Å². The van der Waals surface area contributed by atoms with E-state index in [2.05, 4.69) is 110 Å². The van der Waals surface area contributed by atoms with Gasteiger partial charge in [-0.1, -0.05) is 70.5 Å². The van der Waals surface area contributed by atoms with Crippen molar-refractivity contribution in [3.8, 4) is 0 Å². The predicted molar refractivity (Wildman–Crippen MR) is 191 cm³/mol. The van der Waals surface area contributed by atoms with Gasteiger partial charge >= 0.3 is 0 Å². The van der Waals surface area contributed by atoms with Crippen LogP contribution in [0.15, 0.2) is 79.4 Å². The molecular formula is C37H65N7. The Hall–Kier alpha value is -2.74. The molecule has 7 heteroatoms. The van der Waals surface area contributed by atoms with E-state index < -0.39 is 0 Å². The van der Waals surface area contributed by atoms with Gasteiger partial charge in [-0.15, -0.1) is 0 Å². The number of likely N-dealkylation sites (tertiary alicyclic amines) is 1. The third-order valence-electron chi connectivity index (χ3n) is 9.03. The minimum Gasteiger partial charge on any atom is -0.383 e. The van der Waals surface area contributed by atoms with Gasteiger partial charge in [0.05, 0.1) is 6.04 Å². The molecule has 1 aliphatic rings. The highest BCUT2D eigenvalue weighted by Crippen LogP contribution is 2.29. The van der Waals surface area contributed by atoms with E-state index in [1.165, 1.54) is 11.3 Å². The maximum atomic E-state index is 5.90. The van der Waals surface area contributed by atoms with Gasteiger partial charge in [-0.25, -0.2) is 0 Å². The third-order valence-corrected chi connectivity index (χ3v) is 9.03. The van der Waals surface area contributed by atoms with E-state index in [-0.39, 0.29) is 17.6 Å². The summed E-state index contributed by atoms with van der Waals surface area (Å²) in [5, 5.41) is 11.1. The van der Waals surface area contributed by atoms with Gasteiger partial charge in [0.15, 0.2) is 0 Å². The molecule has 2 rings (SSSR count). The first-order chi connectivity index (χ1) is 21.1. The van der Waals surface area contributed by atoms with Crippen LogP contribution in [-0.2, 0) is 6.42 Å². The first-order valence-electron chi connectivity index (χ1n) is 17.0. The predicted octanol–water partition coefficient (Wildman–Crippen LogP) is 5.49. The van der Waals surface area contributed by atoms with Crippen LogP contribution < -0.4 is 27.4 Å². The maximum absolute atomic E-state index is 5.90. The van der Waals surface area contributed by atoms with Crippen molar-refractivity contribution in [1.82, 2.24) is 25.8 Å². The van der Waals surface area contributed by atoms with Gasteiger partial charge in [-0.05, 0) is 77.3 Å². The van der Waals surface area contributed by atoms with Gasteiger partial charge in [0.25, 0.3) is 0 Å². The molecule has 1 fully saturated rings. The standard InChI is InChI=1S/C37H65N7/c1-9-22-43(23-10-2)31(5)34-19-24-44(25-20-34)32(6)35(18-14-15-21-38)41-30(4)28-40-37(7,8)36(42-29(3)27-39)26-33-16-12-11-13-17-33/h11-13,16-17,34-36,40-42H,3-6,9-10,14-15,18-28,38-39H2,1-2,7-8H3. The monoisotopic (exact) mass is 608 g/mol. The number of nitrogens with zero attached hydrogens (tertiary/aromatic N) is 2. The molecule has 7 nitrogen and oxygen atoms in total. The summed E-state index contributed by atoms with van der Waals surface area (Å²) >= 11 is 0. The number of piperidine rings is 1. The molecular weight excluding hydrogens is 542 g/mol. The van der Waals surface area contributed by atoms with Gasteiger partial charge in [-0.2, -0.15) is 0 Å². The zero-order valence-corrected chi connectivity index (χ0v) is 28.6. The molecule has 1 saturated heterocycles. The molecule has 0 aliphatic carbocycles. The van der Waals surface area contributed by atoms with E-state index in [1.54, 1.807) is 0 Å². The topological polar surface area (TPSA) is 94.6 Å². The van der Waals surface area contributed by atoms with E-state index >= 15 is 0 Å². The van der Waals surface area contributed by atoms with E-state index in [0.717, 1.165) is 94.6 Å². The summed E-state index contributed by atoms with van der Waals surface area (Å²) in [6.45, 7) is 32.6. The summed E-state index contributed by atoms with van der Waals surface area (Å²) in [6.07, 6.45) is 8.47. The molecule has 1 heterocycles. The number of allylic oxidation sites excluding steroid dienone is 1. The van der Waals surface area contributed by atoms with Crippen LogP contribution >= 0.6 is 0 Å². The molecule has 0 aromatic heterocycles. The summed E-state index contributed by atoms with van der Waals surface area (Å²) in [5.41, 5.74) is 17.1. The molecule has 0 bridgehead atoms. The van der Waals surface area contributed by atoms with Gasteiger partial charge in [-0.3, -0.25) is 0 Å². The number of unbranched alkanes of at least 4 members (excludes halogenated alkanes) is 1. The SMILES string of the molecule is C=C(CNC(C)(C)C(Cc1ccccc1)NC(=C)CN)NC(CCCCN)C(=C)N1CCC(C(=C)N(CCC)CCC)CC1. The number of benzene rings is 1. The lowest BCUT2D eigenvalue weighted by Crippen LogP contribution is -2.58.